The molecule has 0 aliphatic rings. The zero-order chi connectivity index (χ0) is 15.2. The van der Waals surface area contributed by atoms with Crippen LogP contribution in [0.1, 0.15) is 16.1 Å². The van der Waals surface area contributed by atoms with Crippen molar-refractivity contribution in [3.63, 3.8) is 0 Å². The SMILES string of the molecule is O=C(O)c1cc(-c2cc3ccc(C(F)(F)F)cc3[nH]2)no1. The summed E-state index contributed by atoms with van der Waals surface area (Å²) < 4.78 is 42.5. The first-order valence-corrected chi connectivity index (χ1v) is 5.75. The van der Waals surface area contributed by atoms with Gasteiger partial charge < -0.3 is 14.6 Å². The Morgan fingerprint density at radius 2 is 2.00 bits per heavy atom. The summed E-state index contributed by atoms with van der Waals surface area (Å²) in [7, 11) is 0. The average Bonchev–Trinajstić information content (AvgIpc) is 3.03. The summed E-state index contributed by atoms with van der Waals surface area (Å²) in [6, 6.07) is 6.05. The highest BCUT2D eigenvalue weighted by Crippen LogP contribution is 2.32. The van der Waals surface area contributed by atoms with Crippen molar-refractivity contribution in [2.45, 2.75) is 6.18 Å². The second-order valence-electron chi connectivity index (χ2n) is 4.36. The number of aromatic amines is 1. The van der Waals surface area contributed by atoms with E-state index in [1.807, 2.05) is 0 Å². The van der Waals surface area contributed by atoms with Crippen LogP contribution in [0.4, 0.5) is 13.2 Å². The van der Waals surface area contributed by atoms with Gasteiger partial charge in [0.2, 0.25) is 5.76 Å². The number of carboxylic acids is 1. The van der Waals surface area contributed by atoms with Crippen LogP contribution < -0.4 is 0 Å². The molecule has 5 nitrogen and oxygen atoms in total. The van der Waals surface area contributed by atoms with E-state index in [0.717, 1.165) is 12.1 Å². The molecular weight excluding hydrogens is 289 g/mol. The van der Waals surface area contributed by atoms with Crippen molar-refractivity contribution in [1.29, 1.82) is 0 Å². The summed E-state index contributed by atoms with van der Waals surface area (Å²) in [5.74, 6) is -1.62. The van der Waals surface area contributed by atoms with Gasteiger partial charge in [-0.1, -0.05) is 11.2 Å². The number of hydrogen-bond acceptors (Lipinski definition) is 3. The summed E-state index contributed by atoms with van der Waals surface area (Å²) in [4.78, 5) is 13.5. The molecule has 0 atom stereocenters. The van der Waals surface area contributed by atoms with Crippen LogP contribution in [0.15, 0.2) is 34.9 Å². The number of alkyl halides is 3. The van der Waals surface area contributed by atoms with E-state index in [4.69, 9.17) is 5.11 Å². The van der Waals surface area contributed by atoms with Crippen LogP contribution in [0.25, 0.3) is 22.3 Å². The number of halogens is 3. The second kappa shape index (κ2) is 4.37. The third-order valence-electron chi connectivity index (χ3n) is 2.95. The fourth-order valence-electron chi connectivity index (χ4n) is 1.94. The highest BCUT2D eigenvalue weighted by Gasteiger charge is 2.30. The number of aromatic carboxylic acids is 1. The number of nitrogens with one attached hydrogen (secondary N) is 1. The lowest BCUT2D eigenvalue weighted by Crippen LogP contribution is -2.03. The van der Waals surface area contributed by atoms with Gasteiger partial charge in [-0.05, 0) is 18.2 Å². The lowest BCUT2D eigenvalue weighted by Gasteiger charge is -2.05. The molecule has 0 radical (unpaired) electrons. The summed E-state index contributed by atoms with van der Waals surface area (Å²) in [5.41, 5.74) is 0.0900. The number of rotatable bonds is 2. The topological polar surface area (TPSA) is 79.1 Å². The smallest absolute Gasteiger partial charge is 0.416 e. The van der Waals surface area contributed by atoms with Crippen molar-refractivity contribution in [2.24, 2.45) is 0 Å². The summed E-state index contributed by atoms with van der Waals surface area (Å²) in [6.45, 7) is 0. The molecule has 0 saturated carbocycles. The van der Waals surface area contributed by atoms with Crippen LogP contribution in [0.3, 0.4) is 0 Å². The summed E-state index contributed by atoms with van der Waals surface area (Å²) in [6.07, 6.45) is -4.43. The van der Waals surface area contributed by atoms with E-state index in [1.165, 1.54) is 12.1 Å². The molecule has 2 heterocycles. The van der Waals surface area contributed by atoms with Crippen LogP contribution in [-0.4, -0.2) is 21.2 Å². The van der Waals surface area contributed by atoms with Crippen molar-refractivity contribution < 1.29 is 27.6 Å². The summed E-state index contributed by atoms with van der Waals surface area (Å²) in [5, 5.41) is 12.9. The van der Waals surface area contributed by atoms with E-state index in [-0.39, 0.29) is 17.0 Å². The predicted molar refractivity (Wildman–Crippen MR) is 65.8 cm³/mol. The Balaban J connectivity index is 2.06. The molecule has 3 aromatic rings. The second-order valence-corrected chi connectivity index (χ2v) is 4.36. The number of carboxylic acid groups (broad SMARTS) is 1. The maximum atomic E-state index is 12.6. The molecule has 1 aromatic carbocycles. The highest BCUT2D eigenvalue weighted by atomic mass is 19.4. The molecule has 8 heteroatoms. The molecule has 0 fully saturated rings. The number of H-pyrrole nitrogens is 1. The maximum absolute atomic E-state index is 12.6. The lowest BCUT2D eigenvalue weighted by atomic mass is 10.1. The number of benzene rings is 1. The van der Waals surface area contributed by atoms with Gasteiger partial charge in [0, 0.05) is 17.0 Å². The molecule has 3 rings (SSSR count). The molecule has 0 amide bonds. The third kappa shape index (κ3) is 2.35. The molecule has 21 heavy (non-hydrogen) atoms. The van der Waals surface area contributed by atoms with Gasteiger partial charge in [-0.25, -0.2) is 4.79 Å². The van der Waals surface area contributed by atoms with Crippen LogP contribution in [-0.2, 0) is 6.18 Å². The van der Waals surface area contributed by atoms with Crippen molar-refractivity contribution in [1.82, 2.24) is 10.1 Å². The van der Waals surface area contributed by atoms with Crippen LogP contribution >= 0.6 is 0 Å². The van der Waals surface area contributed by atoms with E-state index in [9.17, 15) is 18.0 Å². The fraction of sp³-hybridized carbons (Fsp3) is 0.0769. The number of aromatic nitrogens is 2. The van der Waals surface area contributed by atoms with Gasteiger partial charge in [-0.2, -0.15) is 13.2 Å². The molecule has 108 valence electrons. The first-order chi connectivity index (χ1) is 9.84. The molecule has 0 saturated heterocycles. The van der Waals surface area contributed by atoms with Crippen molar-refractivity contribution in [2.75, 3.05) is 0 Å². The van der Waals surface area contributed by atoms with Crippen LogP contribution in [0.5, 0.6) is 0 Å². The van der Waals surface area contributed by atoms with Gasteiger partial charge >= 0.3 is 12.1 Å². The van der Waals surface area contributed by atoms with Crippen molar-refractivity contribution >= 4 is 16.9 Å². The van der Waals surface area contributed by atoms with Gasteiger partial charge in [0.25, 0.3) is 0 Å². The number of hydrogen-bond donors (Lipinski definition) is 2. The molecule has 0 aliphatic heterocycles. The predicted octanol–water partition coefficient (Wildman–Crippen LogP) is 3.54. The number of nitrogens with zero attached hydrogens (tertiary/aromatic N) is 1. The molecule has 0 unspecified atom stereocenters. The maximum Gasteiger partial charge on any atom is 0.416 e. The number of carbonyl (C=O) groups is 1. The standard InChI is InChI=1S/C13H7F3N2O3/c14-13(15,16)7-2-1-6-3-9(17-8(6)4-7)10-5-11(12(19)20)21-18-10/h1-5,17H,(H,19,20). The van der Waals surface area contributed by atoms with E-state index < -0.39 is 17.7 Å². The Kier molecular flexibility index (Phi) is 2.75. The fourth-order valence-corrected chi connectivity index (χ4v) is 1.94. The van der Waals surface area contributed by atoms with Gasteiger partial charge in [0.15, 0.2) is 0 Å². The molecule has 0 bridgehead atoms. The third-order valence-corrected chi connectivity index (χ3v) is 2.95. The van der Waals surface area contributed by atoms with E-state index in [0.29, 0.717) is 11.1 Å². The van der Waals surface area contributed by atoms with Crippen LogP contribution in [0, 0.1) is 0 Å². The monoisotopic (exact) mass is 296 g/mol. The molecule has 2 N–H and O–H groups in total. The quantitative estimate of drug-likeness (QED) is 0.758. The zero-order valence-corrected chi connectivity index (χ0v) is 10.2. The van der Waals surface area contributed by atoms with Gasteiger partial charge in [0.1, 0.15) is 5.69 Å². The van der Waals surface area contributed by atoms with Gasteiger partial charge in [-0.15, -0.1) is 0 Å². The molecule has 0 aliphatic carbocycles. The Morgan fingerprint density at radius 1 is 1.24 bits per heavy atom. The molecular formula is C13H7F3N2O3. The minimum absolute atomic E-state index is 0.206. The largest absolute Gasteiger partial charge is 0.475 e. The van der Waals surface area contributed by atoms with Crippen LogP contribution in [0.2, 0.25) is 0 Å². The minimum atomic E-state index is -4.43. The molecule has 0 spiro atoms. The lowest BCUT2D eigenvalue weighted by molar-refractivity contribution is -0.137. The van der Waals surface area contributed by atoms with E-state index in [2.05, 4.69) is 14.7 Å². The first kappa shape index (κ1) is 13.2. The molecule has 2 aromatic heterocycles. The summed E-state index contributed by atoms with van der Waals surface area (Å²) >= 11 is 0. The Bertz CT molecular complexity index is 833. The zero-order valence-electron chi connectivity index (χ0n) is 10.2. The Hall–Kier alpha value is -2.77. The van der Waals surface area contributed by atoms with Crippen molar-refractivity contribution in [3.8, 4) is 11.4 Å². The Labute approximate surface area is 115 Å². The van der Waals surface area contributed by atoms with E-state index in [1.54, 1.807) is 6.07 Å². The van der Waals surface area contributed by atoms with Crippen molar-refractivity contribution in [3.05, 3.63) is 41.7 Å². The Morgan fingerprint density at radius 3 is 2.62 bits per heavy atom. The number of fused-ring (bicyclic) bond motifs is 1. The van der Waals surface area contributed by atoms with E-state index >= 15 is 0 Å². The average molecular weight is 296 g/mol. The van der Waals surface area contributed by atoms with Gasteiger partial charge in [0.05, 0.1) is 11.3 Å². The highest BCUT2D eigenvalue weighted by molar-refractivity contribution is 5.88. The van der Waals surface area contributed by atoms with Gasteiger partial charge in [-0.3, -0.25) is 0 Å². The first-order valence-electron chi connectivity index (χ1n) is 5.75. The minimum Gasteiger partial charge on any atom is -0.475 e. The normalized spacial score (nSPS) is 12.0.